The molecule has 0 aliphatic rings. The molecule has 0 radical (unpaired) electrons. The summed E-state index contributed by atoms with van der Waals surface area (Å²) in [5.41, 5.74) is 2.16. The molecule has 0 fully saturated rings. The molecule has 0 spiro atoms. The Hall–Kier alpha value is -1.000. The molecule has 1 heterocycles. The van der Waals surface area contributed by atoms with Crippen LogP contribution in [-0.2, 0) is 13.1 Å². The van der Waals surface area contributed by atoms with Gasteiger partial charge in [0, 0.05) is 22.9 Å². The SMILES string of the molecule is CCn1cncc1CNc1ccc(Br)c(Cl)c1. The van der Waals surface area contributed by atoms with Gasteiger partial charge in [-0.2, -0.15) is 0 Å². The summed E-state index contributed by atoms with van der Waals surface area (Å²) in [4.78, 5) is 4.13. The van der Waals surface area contributed by atoms with E-state index in [1.165, 1.54) is 0 Å². The molecule has 0 atom stereocenters. The monoisotopic (exact) mass is 313 g/mol. The fraction of sp³-hybridized carbons (Fsp3) is 0.250. The maximum Gasteiger partial charge on any atom is 0.0948 e. The first-order valence-electron chi connectivity index (χ1n) is 5.38. The van der Waals surface area contributed by atoms with Crippen LogP contribution in [0.5, 0.6) is 0 Å². The van der Waals surface area contributed by atoms with Gasteiger partial charge in [0.15, 0.2) is 0 Å². The van der Waals surface area contributed by atoms with Gasteiger partial charge in [-0.1, -0.05) is 11.6 Å². The molecule has 0 unspecified atom stereocenters. The third kappa shape index (κ3) is 3.01. The number of aryl methyl sites for hydroxylation is 1. The summed E-state index contributed by atoms with van der Waals surface area (Å²) in [6.07, 6.45) is 3.71. The summed E-state index contributed by atoms with van der Waals surface area (Å²) in [6.45, 7) is 3.77. The summed E-state index contributed by atoms with van der Waals surface area (Å²) < 4.78 is 3.01. The Balaban J connectivity index is 2.05. The highest BCUT2D eigenvalue weighted by Crippen LogP contribution is 2.25. The predicted molar refractivity (Wildman–Crippen MR) is 74.4 cm³/mol. The third-order valence-electron chi connectivity index (χ3n) is 2.53. The maximum absolute atomic E-state index is 6.03. The molecule has 1 N–H and O–H groups in total. The van der Waals surface area contributed by atoms with Crippen molar-refractivity contribution < 1.29 is 0 Å². The van der Waals surface area contributed by atoms with E-state index in [-0.39, 0.29) is 0 Å². The summed E-state index contributed by atoms with van der Waals surface area (Å²) in [7, 11) is 0. The largest absolute Gasteiger partial charge is 0.379 e. The van der Waals surface area contributed by atoms with Crippen LogP contribution in [0.1, 0.15) is 12.6 Å². The molecule has 0 bridgehead atoms. The predicted octanol–water partition coefficient (Wildman–Crippen LogP) is 3.93. The van der Waals surface area contributed by atoms with E-state index in [0.29, 0.717) is 5.02 Å². The van der Waals surface area contributed by atoms with Gasteiger partial charge in [0.1, 0.15) is 0 Å². The van der Waals surface area contributed by atoms with Crippen LogP contribution in [0.3, 0.4) is 0 Å². The van der Waals surface area contributed by atoms with Crippen LogP contribution in [0.2, 0.25) is 5.02 Å². The van der Waals surface area contributed by atoms with Crippen molar-refractivity contribution in [3.63, 3.8) is 0 Å². The van der Waals surface area contributed by atoms with Crippen molar-refractivity contribution in [2.24, 2.45) is 0 Å². The fourth-order valence-corrected chi connectivity index (χ4v) is 2.01. The second kappa shape index (κ2) is 5.56. The Morgan fingerprint density at radius 3 is 3.00 bits per heavy atom. The van der Waals surface area contributed by atoms with Crippen molar-refractivity contribution in [2.75, 3.05) is 5.32 Å². The highest BCUT2D eigenvalue weighted by Gasteiger charge is 2.02. The quantitative estimate of drug-likeness (QED) is 0.926. The van der Waals surface area contributed by atoms with E-state index in [9.17, 15) is 0 Å². The Labute approximate surface area is 114 Å². The zero-order chi connectivity index (χ0) is 12.3. The molecule has 2 rings (SSSR count). The minimum absolute atomic E-state index is 0.707. The van der Waals surface area contributed by atoms with Crippen molar-refractivity contribution in [3.05, 3.63) is 45.9 Å². The van der Waals surface area contributed by atoms with Crippen molar-refractivity contribution in [3.8, 4) is 0 Å². The number of imidazole rings is 1. The zero-order valence-corrected chi connectivity index (χ0v) is 11.8. The Kier molecular flexibility index (Phi) is 4.07. The van der Waals surface area contributed by atoms with Gasteiger partial charge in [-0.3, -0.25) is 0 Å². The molecule has 0 aliphatic heterocycles. The van der Waals surface area contributed by atoms with Gasteiger partial charge in [-0.05, 0) is 41.1 Å². The molecular formula is C12H13BrClN3. The average molecular weight is 315 g/mol. The van der Waals surface area contributed by atoms with Crippen molar-refractivity contribution in [1.29, 1.82) is 0 Å². The van der Waals surface area contributed by atoms with Crippen LogP contribution in [0, 0.1) is 0 Å². The van der Waals surface area contributed by atoms with Gasteiger partial charge < -0.3 is 9.88 Å². The van der Waals surface area contributed by atoms with E-state index in [0.717, 1.165) is 28.9 Å². The van der Waals surface area contributed by atoms with Crippen LogP contribution >= 0.6 is 27.5 Å². The molecule has 2 aromatic rings. The van der Waals surface area contributed by atoms with Gasteiger partial charge in [0.2, 0.25) is 0 Å². The number of nitrogens with one attached hydrogen (secondary N) is 1. The molecule has 0 saturated heterocycles. The van der Waals surface area contributed by atoms with Crippen LogP contribution in [0.25, 0.3) is 0 Å². The van der Waals surface area contributed by atoms with Crippen LogP contribution in [0.4, 0.5) is 5.69 Å². The second-order valence-corrected chi connectivity index (χ2v) is 4.91. The minimum Gasteiger partial charge on any atom is -0.379 e. The molecule has 3 nitrogen and oxygen atoms in total. The smallest absolute Gasteiger partial charge is 0.0948 e. The lowest BCUT2D eigenvalue weighted by Crippen LogP contribution is -2.05. The number of hydrogen-bond donors (Lipinski definition) is 1. The number of hydrogen-bond acceptors (Lipinski definition) is 2. The molecule has 0 aliphatic carbocycles. The van der Waals surface area contributed by atoms with Gasteiger partial charge in [0.05, 0.1) is 23.6 Å². The number of benzene rings is 1. The van der Waals surface area contributed by atoms with Crippen LogP contribution in [0.15, 0.2) is 35.2 Å². The molecule has 0 saturated carbocycles. The van der Waals surface area contributed by atoms with Gasteiger partial charge in [0.25, 0.3) is 0 Å². The molecule has 90 valence electrons. The minimum atomic E-state index is 0.707. The first-order valence-corrected chi connectivity index (χ1v) is 6.55. The van der Waals surface area contributed by atoms with E-state index in [2.05, 4.69) is 37.7 Å². The van der Waals surface area contributed by atoms with E-state index < -0.39 is 0 Å². The van der Waals surface area contributed by atoms with Crippen LogP contribution < -0.4 is 5.32 Å². The second-order valence-electron chi connectivity index (χ2n) is 3.65. The van der Waals surface area contributed by atoms with Gasteiger partial charge >= 0.3 is 0 Å². The van der Waals surface area contributed by atoms with E-state index in [4.69, 9.17) is 11.6 Å². The molecule has 5 heteroatoms. The maximum atomic E-state index is 6.03. The standard InChI is InChI=1S/C12H13BrClN3/c1-2-17-8-15-6-10(17)7-16-9-3-4-11(13)12(14)5-9/h3-6,8,16H,2,7H2,1H3. The van der Waals surface area contributed by atoms with Gasteiger partial charge in [-0.25, -0.2) is 4.98 Å². The first kappa shape index (κ1) is 12.5. The van der Waals surface area contributed by atoms with Crippen LogP contribution in [-0.4, -0.2) is 9.55 Å². The molecular weight excluding hydrogens is 302 g/mol. The first-order chi connectivity index (χ1) is 8.20. The summed E-state index contributed by atoms with van der Waals surface area (Å²) in [6, 6.07) is 5.82. The van der Waals surface area contributed by atoms with E-state index in [1.54, 1.807) is 0 Å². The molecule has 17 heavy (non-hydrogen) atoms. The topological polar surface area (TPSA) is 29.9 Å². The number of aromatic nitrogens is 2. The third-order valence-corrected chi connectivity index (χ3v) is 3.76. The Morgan fingerprint density at radius 2 is 2.29 bits per heavy atom. The summed E-state index contributed by atoms with van der Waals surface area (Å²) in [5.74, 6) is 0. The number of nitrogens with zero attached hydrogens (tertiary/aromatic N) is 2. The summed E-state index contributed by atoms with van der Waals surface area (Å²) in [5, 5.41) is 4.03. The number of rotatable bonds is 4. The highest BCUT2D eigenvalue weighted by atomic mass is 79.9. The van der Waals surface area contributed by atoms with Crippen molar-refractivity contribution in [2.45, 2.75) is 20.0 Å². The van der Waals surface area contributed by atoms with Gasteiger partial charge in [-0.15, -0.1) is 0 Å². The highest BCUT2D eigenvalue weighted by molar-refractivity contribution is 9.10. The van der Waals surface area contributed by atoms with E-state index >= 15 is 0 Å². The Morgan fingerprint density at radius 1 is 1.47 bits per heavy atom. The number of halogens is 2. The lowest BCUT2D eigenvalue weighted by Gasteiger charge is -2.09. The van der Waals surface area contributed by atoms with E-state index in [1.807, 2.05) is 30.7 Å². The molecule has 1 aromatic heterocycles. The summed E-state index contributed by atoms with van der Waals surface area (Å²) >= 11 is 9.40. The molecule has 1 aromatic carbocycles. The zero-order valence-electron chi connectivity index (χ0n) is 9.45. The normalized spacial score (nSPS) is 10.5. The van der Waals surface area contributed by atoms with Crippen molar-refractivity contribution >= 4 is 33.2 Å². The molecule has 0 amide bonds. The fourth-order valence-electron chi connectivity index (χ4n) is 1.58. The Bertz CT molecular complexity index is 510. The van der Waals surface area contributed by atoms with Crippen molar-refractivity contribution in [1.82, 2.24) is 9.55 Å². The number of anilines is 1. The lowest BCUT2D eigenvalue weighted by atomic mass is 10.3. The average Bonchev–Trinajstić information content (AvgIpc) is 2.78. The lowest BCUT2D eigenvalue weighted by molar-refractivity contribution is 0.719.